The lowest BCUT2D eigenvalue weighted by molar-refractivity contribution is -0.141. The average Bonchev–Trinajstić information content (AvgIpc) is 3.00. The molecule has 1 unspecified atom stereocenters. The van der Waals surface area contributed by atoms with Gasteiger partial charge in [0.25, 0.3) is 0 Å². The van der Waals surface area contributed by atoms with Crippen LogP contribution in [-0.4, -0.2) is 46.4 Å². The second-order valence-electron chi connectivity index (χ2n) is 5.55. The number of aromatic nitrogens is 2. The Bertz CT molecular complexity index is 669. The van der Waals surface area contributed by atoms with Crippen molar-refractivity contribution in [3.8, 4) is 5.69 Å². The van der Waals surface area contributed by atoms with Gasteiger partial charge in [-0.05, 0) is 26.1 Å². The maximum atomic E-state index is 12.2. The lowest BCUT2D eigenvalue weighted by Gasteiger charge is -2.23. The Balaban J connectivity index is 1.93. The van der Waals surface area contributed by atoms with Gasteiger partial charge in [0.1, 0.15) is 6.54 Å². The molecule has 0 spiro atoms. The monoisotopic (exact) mass is 340 g/mol. The Hall–Kier alpha value is -2.35. The highest BCUT2D eigenvalue weighted by atomic mass is 19.4. The lowest BCUT2D eigenvalue weighted by atomic mass is 10.2. The van der Waals surface area contributed by atoms with E-state index in [2.05, 4.69) is 5.10 Å². The van der Waals surface area contributed by atoms with Crippen LogP contribution in [0.25, 0.3) is 5.69 Å². The van der Waals surface area contributed by atoms with Gasteiger partial charge in [0.15, 0.2) is 0 Å². The minimum absolute atomic E-state index is 0.396. The number of alkyl halides is 3. The van der Waals surface area contributed by atoms with Crippen molar-refractivity contribution in [1.29, 1.82) is 0 Å². The van der Waals surface area contributed by atoms with E-state index in [4.69, 9.17) is 0 Å². The number of hydrogen-bond donors (Lipinski definition) is 1. The summed E-state index contributed by atoms with van der Waals surface area (Å²) in [6, 6.07) is 8.84. The molecule has 0 aliphatic heterocycles. The van der Waals surface area contributed by atoms with Gasteiger partial charge in [0.2, 0.25) is 5.91 Å². The number of rotatable bonds is 6. The predicted octanol–water partition coefficient (Wildman–Crippen LogP) is 2.37. The first-order valence-corrected chi connectivity index (χ1v) is 7.40. The first-order chi connectivity index (χ1) is 11.3. The van der Waals surface area contributed by atoms with Crippen LogP contribution < -0.4 is 5.32 Å². The molecule has 0 fully saturated rings. The molecule has 0 aliphatic carbocycles. The van der Waals surface area contributed by atoms with E-state index in [1.54, 1.807) is 29.7 Å². The maximum Gasteiger partial charge on any atom is 0.405 e. The number of carbonyl (C=O) groups is 1. The average molecular weight is 340 g/mol. The van der Waals surface area contributed by atoms with Crippen LogP contribution in [0.2, 0.25) is 0 Å². The third-order valence-electron chi connectivity index (χ3n) is 3.59. The van der Waals surface area contributed by atoms with Crippen LogP contribution in [0.15, 0.2) is 42.7 Å². The number of nitrogens with one attached hydrogen (secondary N) is 1. The number of benzene rings is 1. The van der Waals surface area contributed by atoms with Crippen LogP contribution in [-0.2, 0) is 11.3 Å². The number of para-hydroxylation sites is 1. The molecule has 5 nitrogen and oxygen atoms in total. The largest absolute Gasteiger partial charge is 0.405 e. The van der Waals surface area contributed by atoms with Gasteiger partial charge in [-0.2, -0.15) is 18.3 Å². The minimum Gasteiger partial charge on any atom is -0.346 e. The molecule has 2 rings (SSSR count). The van der Waals surface area contributed by atoms with Crippen molar-refractivity contribution in [2.75, 3.05) is 13.6 Å². The molecule has 0 aliphatic rings. The van der Waals surface area contributed by atoms with Crippen LogP contribution in [0.4, 0.5) is 13.2 Å². The van der Waals surface area contributed by atoms with Crippen LogP contribution >= 0.6 is 0 Å². The summed E-state index contributed by atoms with van der Waals surface area (Å²) in [5.74, 6) is -0.662. The van der Waals surface area contributed by atoms with Gasteiger partial charge in [-0.1, -0.05) is 18.2 Å². The van der Waals surface area contributed by atoms with Gasteiger partial charge in [-0.3, -0.25) is 9.69 Å². The van der Waals surface area contributed by atoms with E-state index in [9.17, 15) is 18.0 Å². The molecule has 1 N–H and O–H groups in total. The molecule has 1 amide bonds. The Morgan fingerprint density at radius 2 is 2.00 bits per heavy atom. The smallest absolute Gasteiger partial charge is 0.346 e. The highest BCUT2D eigenvalue weighted by molar-refractivity contribution is 5.81. The normalized spacial score (nSPS) is 13.1. The molecule has 0 radical (unpaired) electrons. The van der Waals surface area contributed by atoms with Crippen molar-refractivity contribution < 1.29 is 18.0 Å². The van der Waals surface area contributed by atoms with Crippen molar-refractivity contribution in [3.05, 3.63) is 48.3 Å². The molecule has 0 saturated heterocycles. The van der Waals surface area contributed by atoms with Gasteiger partial charge in [0.05, 0.1) is 17.9 Å². The van der Waals surface area contributed by atoms with E-state index in [1.807, 2.05) is 41.8 Å². The first kappa shape index (κ1) is 18.0. The van der Waals surface area contributed by atoms with Gasteiger partial charge in [0, 0.05) is 18.3 Å². The number of hydrogen-bond acceptors (Lipinski definition) is 3. The molecule has 24 heavy (non-hydrogen) atoms. The second kappa shape index (κ2) is 7.48. The molecule has 0 bridgehead atoms. The second-order valence-corrected chi connectivity index (χ2v) is 5.55. The van der Waals surface area contributed by atoms with E-state index in [-0.39, 0.29) is 0 Å². The van der Waals surface area contributed by atoms with Crippen molar-refractivity contribution in [2.24, 2.45) is 0 Å². The summed E-state index contributed by atoms with van der Waals surface area (Å²) in [6.07, 6.45) is -0.916. The van der Waals surface area contributed by atoms with E-state index in [1.165, 1.54) is 0 Å². The van der Waals surface area contributed by atoms with E-state index < -0.39 is 24.7 Å². The van der Waals surface area contributed by atoms with E-state index in [0.29, 0.717) is 6.54 Å². The standard InChI is InChI=1S/C16H19F3N4O/c1-12(15(24)20-11-16(17,18)19)22(2)9-13-8-21-23(10-13)14-6-4-3-5-7-14/h3-8,10,12H,9,11H2,1-2H3,(H,20,24). The van der Waals surface area contributed by atoms with Crippen LogP contribution in [0, 0.1) is 0 Å². The summed E-state index contributed by atoms with van der Waals surface area (Å²) in [7, 11) is 1.68. The quantitative estimate of drug-likeness (QED) is 0.878. The fourth-order valence-corrected chi connectivity index (χ4v) is 2.12. The van der Waals surface area contributed by atoms with Crippen LogP contribution in [0.5, 0.6) is 0 Å². The van der Waals surface area contributed by atoms with Crippen molar-refractivity contribution >= 4 is 5.91 Å². The van der Waals surface area contributed by atoms with Gasteiger partial charge in [-0.15, -0.1) is 0 Å². The van der Waals surface area contributed by atoms with E-state index >= 15 is 0 Å². The fraction of sp³-hybridized carbons (Fsp3) is 0.375. The zero-order valence-corrected chi connectivity index (χ0v) is 13.4. The summed E-state index contributed by atoms with van der Waals surface area (Å²) in [5.41, 5.74) is 1.76. The number of amides is 1. The zero-order valence-electron chi connectivity index (χ0n) is 13.4. The maximum absolute atomic E-state index is 12.2. The highest BCUT2D eigenvalue weighted by Crippen LogP contribution is 2.13. The summed E-state index contributed by atoms with van der Waals surface area (Å²) in [6.45, 7) is 0.636. The first-order valence-electron chi connectivity index (χ1n) is 7.40. The molecule has 1 atom stereocenters. The molecule has 1 heterocycles. The molecule has 130 valence electrons. The Labute approximate surface area is 138 Å². The predicted molar refractivity (Wildman–Crippen MR) is 83.6 cm³/mol. The highest BCUT2D eigenvalue weighted by Gasteiger charge is 2.29. The SMILES string of the molecule is CC(C(=O)NCC(F)(F)F)N(C)Cc1cnn(-c2ccccc2)c1. The van der Waals surface area contributed by atoms with Gasteiger partial charge < -0.3 is 5.32 Å². The summed E-state index contributed by atoms with van der Waals surface area (Å²) >= 11 is 0. The van der Waals surface area contributed by atoms with Crippen molar-refractivity contribution in [2.45, 2.75) is 25.7 Å². The van der Waals surface area contributed by atoms with Crippen LogP contribution in [0.1, 0.15) is 12.5 Å². The summed E-state index contributed by atoms with van der Waals surface area (Å²) in [4.78, 5) is 13.4. The molecule has 1 aromatic carbocycles. The molecular formula is C16H19F3N4O. The minimum atomic E-state index is -4.41. The van der Waals surface area contributed by atoms with Gasteiger partial charge >= 0.3 is 6.18 Å². The third-order valence-corrected chi connectivity index (χ3v) is 3.59. The molecular weight excluding hydrogens is 321 g/mol. The number of carbonyl (C=O) groups excluding carboxylic acids is 1. The van der Waals surface area contributed by atoms with E-state index in [0.717, 1.165) is 11.3 Å². The third kappa shape index (κ3) is 5.09. The van der Waals surface area contributed by atoms with Crippen LogP contribution in [0.3, 0.4) is 0 Å². The molecule has 0 saturated carbocycles. The zero-order chi connectivity index (χ0) is 17.7. The number of nitrogens with zero attached hydrogens (tertiary/aromatic N) is 3. The van der Waals surface area contributed by atoms with Crippen molar-refractivity contribution in [1.82, 2.24) is 20.0 Å². The summed E-state index contributed by atoms with van der Waals surface area (Å²) in [5, 5.41) is 6.15. The molecule has 8 heteroatoms. The van der Waals surface area contributed by atoms with Crippen molar-refractivity contribution in [3.63, 3.8) is 0 Å². The topological polar surface area (TPSA) is 50.2 Å². The van der Waals surface area contributed by atoms with Gasteiger partial charge in [-0.25, -0.2) is 4.68 Å². The summed E-state index contributed by atoms with van der Waals surface area (Å²) < 4.78 is 38.2. The number of likely N-dealkylation sites (N-methyl/N-ethyl adjacent to an activating group) is 1. The lowest BCUT2D eigenvalue weighted by Crippen LogP contribution is -2.45. The molecule has 2 aromatic rings. The Kier molecular flexibility index (Phi) is 5.61. The Morgan fingerprint density at radius 3 is 2.62 bits per heavy atom. The fourth-order valence-electron chi connectivity index (χ4n) is 2.12. The molecule has 1 aromatic heterocycles. The Morgan fingerprint density at radius 1 is 1.33 bits per heavy atom. The number of halogens is 3.